The lowest BCUT2D eigenvalue weighted by Gasteiger charge is -2.34. The molecule has 0 saturated heterocycles. The molecule has 0 spiro atoms. The van der Waals surface area contributed by atoms with Gasteiger partial charge in [0.15, 0.2) is 5.65 Å². The van der Waals surface area contributed by atoms with Gasteiger partial charge in [0.1, 0.15) is 0 Å². The number of nitrogens with zero attached hydrogens (tertiary/aromatic N) is 3. The highest BCUT2D eigenvalue weighted by molar-refractivity contribution is 5.93. The monoisotopic (exact) mass is 379 g/mol. The molecule has 144 valence electrons. The number of rotatable bonds is 3. The molecule has 1 unspecified atom stereocenters. The molecule has 2 N–H and O–H groups in total. The van der Waals surface area contributed by atoms with Crippen molar-refractivity contribution in [2.75, 3.05) is 11.4 Å². The van der Waals surface area contributed by atoms with Gasteiger partial charge in [-0.1, -0.05) is 18.2 Å². The number of anilines is 1. The molecule has 0 radical (unpaired) electrons. The van der Waals surface area contributed by atoms with Crippen LogP contribution in [0.1, 0.15) is 36.2 Å². The maximum absolute atomic E-state index is 12.7. The quantitative estimate of drug-likeness (QED) is 0.720. The molecule has 2 aromatic heterocycles. The first-order valence-electron chi connectivity index (χ1n) is 9.17. The Hall–Kier alpha value is -3.42. The second-order valence-electron chi connectivity index (χ2n) is 6.95. The summed E-state index contributed by atoms with van der Waals surface area (Å²) < 4.78 is 1.33. The van der Waals surface area contributed by atoms with Gasteiger partial charge in [-0.15, -0.1) is 0 Å². The van der Waals surface area contributed by atoms with Crippen LogP contribution >= 0.6 is 0 Å². The molecule has 0 fully saturated rings. The van der Waals surface area contributed by atoms with E-state index in [1.165, 1.54) is 11.4 Å². The predicted molar refractivity (Wildman–Crippen MR) is 104 cm³/mol. The largest absolute Gasteiger partial charge is 0.349 e. The highest BCUT2D eigenvalue weighted by Crippen LogP contribution is 2.33. The third-order valence-electron chi connectivity index (χ3n) is 5.14. The Labute approximate surface area is 161 Å². The zero-order chi connectivity index (χ0) is 19.8. The van der Waals surface area contributed by atoms with Crippen LogP contribution in [0.3, 0.4) is 0 Å². The lowest BCUT2D eigenvalue weighted by molar-refractivity contribution is -0.121. The van der Waals surface area contributed by atoms with Crippen LogP contribution in [0.2, 0.25) is 0 Å². The number of benzene rings is 1. The van der Waals surface area contributed by atoms with Crippen molar-refractivity contribution in [3.8, 4) is 0 Å². The molecular formula is C20H21N5O3. The Morgan fingerprint density at radius 3 is 2.86 bits per heavy atom. The van der Waals surface area contributed by atoms with Gasteiger partial charge in [0, 0.05) is 42.7 Å². The fourth-order valence-electron chi connectivity index (χ4n) is 3.75. The van der Waals surface area contributed by atoms with Gasteiger partial charge in [0.25, 0.3) is 5.56 Å². The molecule has 3 aromatic rings. The Morgan fingerprint density at radius 1 is 1.29 bits per heavy atom. The van der Waals surface area contributed by atoms with E-state index in [-0.39, 0.29) is 29.8 Å². The van der Waals surface area contributed by atoms with Crippen LogP contribution in [0.5, 0.6) is 0 Å². The number of nitrogens with one attached hydrogen (secondary N) is 2. The Balaban J connectivity index is 1.57. The molecule has 1 aliphatic rings. The van der Waals surface area contributed by atoms with E-state index in [4.69, 9.17) is 0 Å². The summed E-state index contributed by atoms with van der Waals surface area (Å²) in [6.45, 7) is 3.81. The zero-order valence-corrected chi connectivity index (χ0v) is 15.7. The van der Waals surface area contributed by atoms with Crippen LogP contribution in [-0.2, 0) is 16.0 Å². The summed E-state index contributed by atoms with van der Waals surface area (Å²) in [6, 6.07) is 9.07. The first-order valence-corrected chi connectivity index (χ1v) is 9.17. The van der Waals surface area contributed by atoms with Crippen LogP contribution in [0, 0.1) is 6.92 Å². The summed E-state index contributed by atoms with van der Waals surface area (Å²) in [5.41, 5.74) is 2.89. The van der Waals surface area contributed by atoms with Gasteiger partial charge >= 0.3 is 0 Å². The van der Waals surface area contributed by atoms with E-state index >= 15 is 0 Å². The van der Waals surface area contributed by atoms with E-state index in [0.717, 1.165) is 11.3 Å². The van der Waals surface area contributed by atoms with E-state index in [9.17, 15) is 14.4 Å². The summed E-state index contributed by atoms with van der Waals surface area (Å²) in [5, 5.41) is 5.83. The number of amides is 2. The third kappa shape index (κ3) is 3.06. The van der Waals surface area contributed by atoms with Crippen LogP contribution < -0.4 is 15.8 Å². The molecule has 1 atom stereocenters. The van der Waals surface area contributed by atoms with Crippen molar-refractivity contribution in [3.63, 3.8) is 0 Å². The normalized spacial score (nSPS) is 16.1. The van der Waals surface area contributed by atoms with Crippen molar-refractivity contribution in [3.05, 3.63) is 63.7 Å². The molecule has 1 aliphatic heterocycles. The van der Waals surface area contributed by atoms with Gasteiger partial charge in [-0.05, 0) is 25.0 Å². The average molecular weight is 379 g/mol. The van der Waals surface area contributed by atoms with Crippen molar-refractivity contribution in [2.24, 2.45) is 0 Å². The predicted octanol–water partition coefficient (Wildman–Crippen LogP) is 1.49. The van der Waals surface area contributed by atoms with Gasteiger partial charge in [-0.2, -0.15) is 0 Å². The summed E-state index contributed by atoms with van der Waals surface area (Å²) in [7, 11) is 0. The number of H-pyrrole nitrogens is 1. The fraction of sp³-hybridized carbons (Fsp3) is 0.300. The molecule has 3 heterocycles. The smallest absolute Gasteiger partial charge is 0.276 e. The molecule has 8 nitrogen and oxygen atoms in total. The lowest BCUT2D eigenvalue weighted by atomic mass is 9.96. The summed E-state index contributed by atoms with van der Waals surface area (Å²) in [6.07, 6.45) is 2.20. The number of hydrogen-bond donors (Lipinski definition) is 2. The standard InChI is InChI=1S/C20H21N5O3/c1-12-15(20(28)25-18(22-12)7-9-21-25)11-19(27)23-16-8-10-24(13(2)26)17-6-4-3-5-14(16)17/h3-7,9,16,21H,8,10-11H2,1-2H3,(H,23,27). The Kier molecular flexibility index (Phi) is 4.46. The minimum absolute atomic E-state index is 0.0220. The van der Waals surface area contributed by atoms with Gasteiger partial charge in [-0.3, -0.25) is 19.5 Å². The first kappa shape index (κ1) is 18.0. The van der Waals surface area contributed by atoms with Crippen LogP contribution in [0.25, 0.3) is 5.65 Å². The molecule has 0 bridgehead atoms. The second-order valence-corrected chi connectivity index (χ2v) is 6.95. The van der Waals surface area contributed by atoms with E-state index in [1.807, 2.05) is 24.3 Å². The maximum Gasteiger partial charge on any atom is 0.276 e. The Bertz CT molecular complexity index is 1130. The number of aromatic amines is 1. The van der Waals surface area contributed by atoms with E-state index in [0.29, 0.717) is 29.9 Å². The van der Waals surface area contributed by atoms with E-state index < -0.39 is 0 Å². The Morgan fingerprint density at radius 2 is 2.07 bits per heavy atom. The molecular weight excluding hydrogens is 358 g/mol. The highest BCUT2D eigenvalue weighted by atomic mass is 16.2. The maximum atomic E-state index is 12.7. The molecule has 2 amide bonds. The number of para-hydroxylation sites is 1. The summed E-state index contributed by atoms with van der Waals surface area (Å²) in [5.74, 6) is -0.268. The number of carbonyl (C=O) groups is 2. The lowest BCUT2D eigenvalue weighted by Crippen LogP contribution is -2.41. The minimum atomic E-state index is -0.269. The minimum Gasteiger partial charge on any atom is -0.349 e. The van der Waals surface area contributed by atoms with Crippen molar-refractivity contribution < 1.29 is 9.59 Å². The second kappa shape index (κ2) is 6.95. The number of carbonyl (C=O) groups excluding carboxylic acids is 2. The SMILES string of the molecule is CC(=O)N1CCC(NC(=O)Cc2c(C)nc3cc[nH]n3c2=O)c2ccccc21. The van der Waals surface area contributed by atoms with Crippen molar-refractivity contribution in [1.82, 2.24) is 19.9 Å². The van der Waals surface area contributed by atoms with Gasteiger partial charge in [0.05, 0.1) is 12.5 Å². The van der Waals surface area contributed by atoms with E-state index in [2.05, 4.69) is 15.4 Å². The van der Waals surface area contributed by atoms with Crippen LogP contribution in [-0.4, -0.2) is 33.0 Å². The van der Waals surface area contributed by atoms with Gasteiger partial charge in [-0.25, -0.2) is 9.50 Å². The van der Waals surface area contributed by atoms with Crippen LogP contribution in [0.4, 0.5) is 5.69 Å². The summed E-state index contributed by atoms with van der Waals surface area (Å²) in [4.78, 5) is 43.3. The van der Waals surface area contributed by atoms with Crippen molar-refractivity contribution >= 4 is 23.1 Å². The molecule has 1 aromatic carbocycles. The third-order valence-corrected chi connectivity index (χ3v) is 5.14. The average Bonchev–Trinajstić information content (AvgIpc) is 3.13. The number of aryl methyl sites for hydroxylation is 1. The molecule has 4 rings (SSSR count). The number of hydrogen-bond acceptors (Lipinski definition) is 4. The molecule has 8 heteroatoms. The molecule has 0 saturated carbocycles. The van der Waals surface area contributed by atoms with E-state index in [1.54, 1.807) is 24.1 Å². The molecule has 28 heavy (non-hydrogen) atoms. The van der Waals surface area contributed by atoms with Crippen LogP contribution in [0.15, 0.2) is 41.3 Å². The van der Waals surface area contributed by atoms with Crippen molar-refractivity contribution in [2.45, 2.75) is 32.7 Å². The first-order chi connectivity index (χ1) is 13.5. The molecule has 0 aliphatic carbocycles. The zero-order valence-electron chi connectivity index (χ0n) is 15.7. The van der Waals surface area contributed by atoms with Crippen molar-refractivity contribution in [1.29, 1.82) is 0 Å². The summed E-state index contributed by atoms with van der Waals surface area (Å²) >= 11 is 0. The van der Waals surface area contributed by atoms with Gasteiger partial charge in [0.2, 0.25) is 11.8 Å². The number of fused-ring (bicyclic) bond motifs is 2. The van der Waals surface area contributed by atoms with Gasteiger partial charge < -0.3 is 10.2 Å². The topological polar surface area (TPSA) is 99.6 Å². The number of aromatic nitrogens is 3. The fourth-order valence-corrected chi connectivity index (χ4v) is 3.75. The highest BCUT2D eigenvalue weighted by Gasteiger charge is 2.28.